The molecule has 0 aromatic heterocycles. The average molecular weight is 168 g/mol. The third-order valence-electron chi connectivity index (χ3n) is 1.62. The van der Waals surface area contributed by atoms with E-state index in [0.717, 1.165) is 5.57 Å². The van der Waals surface area contributed by atoms with E-state index in [1.165, 1.54) is 0 Å². The Morgan fingerprint density at radius 1 is 1.67 bits per heavy atom. The largest absolute Gasteiger partial charge is 0.387 e. The molecule has 0 fully saturated rings. The summed E-state index contributed by atoms with van der Waals surface area (Å²) in [5.41, 5.74) is 4.50. The molecule has 0 heterocycles. The number of aliphatic hydroxyl groups excluding tert-OH is 1. The van der Waals surface area contributed by atoms with E-state index in [1.807, 2.05) is 24.3 Å². The van der Waals surface area contributed by atoms with E-state index in [-0.39, 0.29) is 18.9 Å². The van der Waals surface area contributed by atoms with E-state index in [9.17, 15) is 0 Å². The van der Waals surface area contributed by atoms with Crippen LogP contribution in [0.15, 0.2) is 36.5 Å². The predicted octanol–water partition coefficient (Wildman–Crippen LogP) is -0.386. The molecule has 4 N–H and O–H groups in total. The van der Waals surface area contributed by atoms with Gasteiger partial charge in [0.05, 0.1) is 0 Å². The lowest BCUT2D eigenvalue weighted by Crippen LogP contribution is -2.65. The van der Waals surface area contributed by atoms with Crippen molar-refractivity contribution in [2.24, 2.45) is 0 Å². The third kappa shape index (κ3) is 2.30. The molecule has 1 aliphatic carbocycles. The quantitative estimate of drug-likeness (QED) is 0.564. The summed E-state index contributed by atoms with van der Waals surface area (Å²) in [6.45, 7) is 3.74. The third-order valence-corrected chi connectivity index (χ3v) is 1.62. The van der Waals surface area contributed by atoms with Crippen LogP contribution in [0.5, 0.6) is 0 Å². The van der Waals surface area contributed by atoms with Crippen LogP contribution in [0.1, 0.15) is 0 Å². The van der Waals surface area contributed by atoms with Crippen LogP contribution in [0.3, 0.4) is 0 Å². The Morgan fingerprint density at radius 2 is 2.42 bits per heavy atom. The first-order chi connectivity index (χ1) is 5.74. The first-order valence-electron chi connectivity index (χ1n) is 3.87. The van der Waals surface area contributed by atoms with Crippen LogP contribution in [0, 0.1) is 0 Å². The molecule has 2 atom stereocenters. The number of rotatable bonds is 3. The van der Waals surface area contributed by atoms with E-state index in [4.69, 9.17) is 9.84 Å². The summed E-state index contributed by atoms with van der Waals surface area (Å²) in [7, 11) is 0. The maximum absolute atomic E-state index is 8.69. The molecule has 0 aromatic carbocycles. The molecule has 3 heteroatoms. The van der Waals surface area contributed by atoms with Crippen LogP contribution < -0.4 is 5.73 Å². The zero-order valence-electron chi connectivity index (χ0n) is 6.94. The van der Waals surface area contributed by atoms with Crippen molar-refractivity contribution in [2.75, 3.05) is 6.61 Å². The van der Waals surface area contributed by atoms with Gasteiger partial charge in [0.1, 0.15) is 12.7 Å². The van der Waals surface area contributed by atoms with Gasteiger partial charge in [0.25, 0.3) is 0 Å². The van der Waals surface area contributed by atoms with Crippen molar-refractivity contribution in [1.29, 1.82) is 0 Å². The van der Waals surface area contributed by atoms with Crippen LogP contribution in [-0.4, -0.2) is 24.0 Å². The molecule has 0 aromatic rings. The number of allylic oxidation sites excluding steroid dienone is 2. The van der Waals surface area contributed by atoms with Gasteiger partial charge in [-0.2, -0.15) is 0 Å². The fourth-order valence-electron chi connectivity index (χ4n) is 0.946. The molecule has 0 bridgehead atoms. The van der Waals surface area contributed by atoms with Gasteiger partial charge < -0.3 is 15.6 Å². The van der Waals surface area contributed by atoms with Gasteiger partial charge in [-0.15, -0.1) is 0 Å². The van der Waals surface area contributed by atoms with Crippen LogP contribution in [0.4, 0.5) is 0 Å². The summed E-state index contributed by atoms with van der Waals surface area (Å²) in [6, 6.07) is 0. The smallest absolute Gasteiger partial charge is 0.213 e. The zero-order valence-corrected chi connectivity index (χ0v) is 6.94. The van der Waals surface area contributed by atoms with Crippen molar-refractivity contribution in [3.8, 4) is 0 Å². The maximum Gasteiger partial charge on any atom is 0.213 e. The highest BCUT2D eigenvalue weighted by Gasteiger charge is 2.14. The van der Waals surface area contributed by atoms with Crippen LogP contribution >= 0.6 is 0 Å². The summed E-state index contributed by atoms with van der Waals surface area (Å²) in [5, 5.41) is 8.69. The highest BCUT2D eigenvalue weighted by molar-refractivity contribution is 5.32. The molecule has 0 amide bonds. The lowest BCUT2D eigenvalue weighted by molar-refractivity contribution is -0.498. The standard InChI is InChI=1S/C9H13NO2/c1-7-4-2-3-5-8(7)12-9(10)6-11/h2-5,8-9,11H,1,6,10H2/p+1. The van der Waals surface area contributed by atoms with E-state index >= 15 is 0 Å². The number of aliphatic hydroxyl groups is 1. The van der Waals surface area contributed by atoms with E-state index in [1.54, 1.807) is 0 Å². The molecule has 0 saturated carbocycles. The van der Waals surface area contributed by atoms with Crippen molar-refractivity contribution in [3.05, 3.63) is 36.5 Å². The monoisotopic (exact) mass is 168 g/mol. The minimum Gasteiger partial charge on any atom is -0.387 e. The molecule has 66 valence electrons. The lowest BCUT2D eigenvalue weighted by atomic mass is 10.1. The van der Waals surface area contributed by atoms with Gasteiger partial charge in [0.2, 0.25) is 6.23 Å². The van der Waals surface area contributed by atoms with Crippen molar-refractivity contribution in [2.45, 2.75) is 12.3 Å². The molecule has 12 heavy (non-hydrogen) atoms. The van der Waals surface area contributed by atoms with Crippen LogP contribution in [0.25, 0.3) is 0 Å². The minimum atomic E-state index is -0.386. The Labute approximate surface area is 71.8 Å². The van der Waals surface area contributed by atoms with Crippen LogP contribution in [-0.2, 0) is 4.74 Å². The summed E-state index contributed by atoms with van der Waals surface area (Å²) in [6.07, 6.45) is 7.04. The second-order valence-corrected chi connectivity index (χ2v) is 2.68. The fourth-order valence-corrected chi connectivity index (χ4v) is 0.946. The summed E-state index contributed by atoms with van der Waals surface area (Å²) in [5.74, 6) is 0. The topological polar surface area (TPSA) is 57.1 Å². The lowest BCUT2D eigenvalue weighted by Gasteiger charge is -2.18. The zero-order chi connectivity index (χ0) is 8.97. The summed E-state index contributed by atoms with van der Waals surface area (Å²) in [4.78, 5) is 0. The van der Waals surface area contributed by atoms with Gasteiger partial charge >= 0.3 is 0 Å². The first kappa shape index (κ1) is 9.19. The summed E-state index contributed by atoms with van der Waals surface area (Å²) >= 11 is 0. The molecule has 1 rings (SSSR count). The Bertz CT molecular complexity index is 221. The molecular weight excluding hydrogens is 154 g/mol. The highest BCUT2D eigenvalue weighted by Crippen LogP contribution is 2.12. The van der Waals surface area contributed by atoms with Gasteiger partial charge in [-0.1, -0.05) is 30.9 Å². The number of ether oxygens (including phenoxy) is 1. The first-order valence-corrected chi connectivity index (χ1v) is 3.87. The van der Waals surface area contributed by atoms with E-state index in [0.29, 0.717) is 0 Å². The predicted molar refractivity (Wildman–Crippen MR) is 46.1 cm³/mol. The molecule has 0 saturated heterocycles. The minimum absolute atomic E-state index is 0.0681. The second-order valence-electron chi connectivity index (χ2n) is 2.68. The Morgan fingerprint density at radius 3 is 3.00 bits per heavy atom. The van der Waals surface area contributed by atoms with Crippen molar-refractivity contribution < 1.29 is 15.6 Å². The van der Waals surface area contributed by atoms with Gasteiger partial charge in [-0.3, -0.25) is 0 Å². The molecule has 0 spiro atoms. The van der Waals surface area contributed by atoms with Gasteiger partial charge in [0.15, 0.2) is 0 Å². The summed E-state index contributed by atoms with van der Waals surface area (Å²) < 4.78 is 5.35. The molecule has 0 aliphatic heterocycles. The molecule has 2 unspecified atom stereocenters. The molecule has 3 nitrogen and oxygen atoms in total. The maximum atomic E-state index is 8.69. The number of hydrogen-bond donors (Lipinski definition) is 2. The van der Waals surface area contributed by atoms with Crippen molar-refractivity contribution in [3.63, 3.8) is 0 Å². The van der Waals surface area contributed by atoms with Crippen molar-refractivity contribution >= 4 is 0 Å². The second kappa shape index (κ2) is 4.21. The normalized spacial score (nSPS) is 24.5. The highest BCUT2D eigenvalue weighted by atomic mass is 16.5. The molecular formula is C9H14NO2+. The number of hydrogen-bond acceptors (Lipinski definition) is 2. The fraction of sp³-hybridized carbons (Fsp3) is 0.333. The van der Waals surface area contributed by atoms with E-state index in [2.05, 4.69) is 12.3 Å². The molecule has 1 aliphatic rings. The van der Waals surface area contributed by atoms with Crippen LogP contribution in [0.2, 0.25) is 0 Å². The number of quaternary nitrogens is 1. The van der Waals surface area contributed by atoms with Gasteiger partial charge in [0, 0.05) is 0 Å². The average Bonchev–Trinajstić information content (AvgIpc) is 2.09. The van der Waals surface area contributed by atoms with Crippen molar-refractivity contribution in [1.82, 2.24) is 0 Å². The Balaban J connectivity index is 2.47. The Hall–Kier alpha value is -0.900. The van der Waals surface area contributed by atoms with Gasteiger partial charge in [-0.25, -0.2) is 0 Å². The Kier molecular flexibility index (Phi) is 3.22. The molecule has 0 radical (unpaired) electrons. The van der Waals surface area contributed by atoms with Gasteiger partial charge in [-0.05, 0) is 5.57 Å². The SMILES string of the molecule is C=C1C=CC=CC1OC([NH3+])CO. The van der Waals surface area contributed by atoms with E-state index < -0.39 is 0 Å².